The van der Waals surface area contributed by atoms with Gasteiger partial charge in [-0.05, 0) is 26.0 Å². The van der Waals surface area contributed by atoms with Crippen LogP contribution in [0.3, 0.4) is 0 Å². The van der Waals surface area contributed by atoms with Crippen LogP contribution in [0, 0.1) is 6.92 Å². The summed E-state index contributed by atoms with van der Waals surface area (Å²) in [5.74, 6) is 1.42. The lowest BCUT2D eigenvalue weighted by atomic mass is 10.2. The van der Waals surface area contributed by atoms with E-state index in [0.29, 0.717) is 24.0 Å². The quantitative estimate of drug-likeness (QED) is 0.821. The molecule has 0 saturated heterocycles. The average molecular weight is 265 g/mol. The Kier molecular flexibility index (Phi) is 3.96. The Hall–Kier alpha value is -2.15. The van der Waals surface area contributed by atoms with Crippen LogP contribution in [0.2, 0.25) is 0 Å². The number of ether oxygens (including phenoxy) is 1. The molecular weight excluding hydrogens is 250 g/mol. The van der Waals surface area contributed by atoms with Crippen molar-refractivity contribution < 1.29 is 18.5 Å². The van der Waals surface area contributed by atoms with Gasteiger partial charge in [0.15, 0.2) is 5.82 Å². The number of aromatic nitrogens is 2. The van der Waals surface area contributed by atoms with Crippen LogP contribution in [-0.4, -0.2) is 23.2 Å². The molecule has 1 unspecified atom stereocenters. The van der Waals surface area contributed by atoms with Crippen LogP contribution in [0.5, 0.6) is 0 Å². The maximum atomic E-state index is 11.3. The molecule has 7 heteroatoms. The van der Waals surface area contributed by atoms with E-state index in [1.54, 1.807) is 19.1 Å². The predicted molar refractivity (Wildman–Crippen MR) is 64.3 cm³/mol. The van der Waals surface area contributed by atoms with Crippen molar-refractivity contribution in [2.24, 2.45) is 0 Å². The Labute approximate surface area is 109 Å². The first-order valence-corrected chi connectivity index (χ1v) is 5.80. The van der Waals surface area contributed by atoms with Crippen LogP contribution in [0.4, 0.5) is 0 Å². The second-order valence-electron chi connectivity index (χ2n) is 4.03. The first-order chi connectivity index (χ1) is 9.10. The summed E-state index contributed by atoms with van der Waals surface area (Å²) in [6, 6.07) is 3.21. The van der Waals surface area contributed by atoms with E-state index < -0.39 is 5.97 Å². The third-order valence-electron chi connectivity index (χ3n) is 2.57. The number of rotatable bonds is 5. The van der Waals surface area contributed by atoms with Crippen molar-refractivity contribution in [2.45, 2.75) is 26.4 Å². The maximum Gasteiger partial charge on any atom is 0.373 e. The topological polar surface area (TPSA) is 90.4 Å². The van der Waals surface area contributed by atoms with Gasteiger partial charge in [-0.2, -0.15) is 4.98 Å². The van der Waals surface area contributed by atoms with Gasteiger partial charge in [0.25, 0.3) is 0 Å². The van der Waals surface area contributed by atoms with Crippen molar-refractivity contribution in [2.75, 3.05) is 7.11 Å². The molecule has 2 rings (SSSR count). The predicted octanol–water partition coefficient (Wildman–Crippen LogP) is 1.61. The van der Waals surface area contributed by atoms with Gasteiger partial charge in [-0.1, -0.05) is 5.16 Å². The fraction of sp³-hybridized carbons (Fsp3) is 0.417. The molecule has 0 radical (unpaired) electrons. The van der Waals surface area contributed by atoms with Gasteiger partial charge in [0.2, 0.25) is 11.7 Å². The van der Waals surface area contributed by atoms with E-state index in [1.165, 1.54) is 7.11 Å². The van der Waals surface area contributed by atoms with Gasteiger partial charge < -0.3 is 13.7 Å². The summed E-state index contributed by atoms with van der Waals surface area (Å²) in [4.78, 5) is 15.3. The van der Waals surface area contributed by atoms with Crippen molar-refractivity contribution >= 4 is 5.97 Å². The van der Waals surface area contributed by atoms with Gasteiger partial charge in [0, 0.05) is 0 Å². The number of hydrogen-bond acceptors (Lipinski definition) is 7. The molecule has 2 heterocycles. The highest BCUT2D eigenvalue weighted by atomic mass is 16.5. The summed E-state index contributed by atoms with van der Waals surface area (Å²) in [5, 5.41) is 6.85. The molecule has 7 nitrogen and oxygen atoms in total. The van der Waals surface area contributed by atoms with Crippen molar-refractivity contribution in [3.63, 3.8) is 0 Å². The van der Waals surface area contributed by atoms with Crippen LogP contribution >= 0.6 is 0 Å². The third kappa shape index (κ3) is 3.19. The molecule has 2 aromatic rings. The maximum absolute atomic E-state index is 11.3. The summed E-state index contributed by atoms with van der Waals surface area (Å²) >= 11 is 0. The summed E-state index contributed by atoms with van der Waals surface area (Å²) in [5.41, 5.74) is 0. The normalized spacial score (nSPS) is 12.4. The molecular formula is C12H15N3O4. The Morgan fingerprint density at radius 3 is 2.95 bits per heavy atom. The number of carbonyl (C=O) groups is 1. The minimum Gasteiger partial charge on any atom is -0.463 e. The molecule has 0 amide bonds. The highest BCUT2D eigenvalue weighted by Gasteiger charge is 2.15. The van der Waals surface area contributed by atoms with Crippen LogP contribution in [0.25, 0.3) is 0 Å². The highest BCUT2D eigenvalue weighted by molar-refractivity contribution is 5.86. The summed E-state index contributed by atoms with van der Waals surface area (Å²) in [6.07, 6.45) is 0. The molecule has 0 bridgehead atoms. The van der Waals surface area contributed by atoms with Gasteiger partial charge in [-0.25, -0.2) is 4.79 Å². The molecule has 0 spiro atoms. The fourth-order valence-electron chi connectivity index (χ4n) is 1.55. The minimum absolute atomic E-state index is 0.0920. The van der Waals surface area contributed by atoms with E-state index in [2.05, 4.69) is 20.2 Å². The highest BCUT2D eigenvalue weighted by Crippen LogP contribution is 2.17. The molecule has 102 valence electrons. The van der Waals surface area contributed by atoms with Crippen molar-refractivity contribution in [3.8, 4) is 0 Å². The smallest absolute Gasteiger partial charge is 0.373 e. The Morgan fingerprint density at radius 1 is 1.53 bits per heavy atom. The number of nitrogens with one attached hydrogen (secondary N) is 1. The van der Waals surface area contributed by atoms with E-state index in [4.69, 9.17) is 8.94 Å². The number of methoxy groups -OCH3 is 1. The molecule has 0 aromatic carbocycles. The largest absolute Gasteiger partial charge is 0.463 e. The monoisotopic (exact) mass is 265 g/mol. The summed E-state index contributed by atoms with van der Waals surface area (Å²) < 4.78 is 14.9. The summed E-state index contributed by atoms with van der Waals surface area (Å²) in [7, 11) is 1.31. The number of nitrogens with zero attached hydrogens (tertiary/aromatic N) is 2. The van der Waals surface area contributed by atoms with Crippen molar-refractivity contribution in [3.05, 3.63) is 35.4 Å². The number of aryl methyl sites for hydroxylation is 1. The molecule has 1 N–H and O–H groups in total. The minimum atomic E-state index is -0.494. The fourth-order valence-corrected chi connectivity index (χ4v) is 1.55. The second kappa shape index (κ2) is 5.66. The van der Waals surface area contributed by atoms with E-state index in [-0.39, 0.29) is 11.8 Å². The molecule has 0 aliphatic carbocycles. The van der Waals surface area contributed by atoms with E-state index in [9.17, 15) is 4.79 Å². The van der Waals surface area contributed by atoms with Crippen LogP contribution in [-0.2, 0) is 11.3 Å². The van der Waals surface area contributed by atoms with Crippen LogP contribution < -0.4 is 5.32 Å². The van der Waals surface area contributed by atoms with Gasteiger partial charge >= 0.3 is 5.97 Å². The lowest BCUT2D eigenvalue weighted by Gasteiger charge is -2.08. The van der Waals surface area contributed by atoms with Gasteiger partial charge in [-0.15, -0.1) is 0 Å². The Bertz CT molecular complexity index is 561. The zero-order valence-electron chi connectivity index (χ0n) is 11.0. The zero-order valence-corrected chi connectivity index (χ0v) is 11.0. The Balaban J connectivity index is 1.94. The number of furan rings is 1. The average Bonchev–Trinajstić information content (AvgIpc) is 3.04. The SMILES string of the molecule is COC(=O)c1ccc(C(C)NCc2nc(C)no2)o1. The van der Waals surface area contributed by atoms with Crippen LogP contribution in [0.1, 0.15) is 41.0 Å². The number of esters is 1. The lowest BCUT2D eigenvalue weighted by Crippen LogP contribution is -2.17. The van der Waals surface area contributed by atoms with E-state index in [0.717, 1.165) is 0 Å². The molecule has 2 aromatic heterocycles. The molecule has 0 aliphatic rings. The van der Waals surface area contributed by atoms with Gasteiger partial charge in [-0.3, -0.25) is 5.32 Å². The number of carbonyl (C=O) groups excluding carboxylic acids is 1. The molecule has 19 heavy (non-hydrogen) atoms. The molecule has 0 fully saturated rings. The third-order valence-corrected chi connectivity index (χ3v) is 2.57. The second-order valence-corrected chi connectivity index (χ2v) is 4.03. The number of hydrogen-bond donors (Lipinski definition) is 1. The summed E-state index contributed by atoms with van der Waals surface area (Å²) in [6.45, 7) is 4.09. The van der Waals surface area contributed by atoms with Crippen LogP contribution in [0.15, 0.2) is 21.1 Å². The lowest BCUT2D eigenvalue weighted by molar-refractivity contribution is 0.0562. The van der Waals surface area contributed by atoms with E-state index >= 15 is 0 Å². The first-order valence-electron chi connectivity index (χ1n) is 5.80. The zero-order chi connectivity index (χ0) is 13.8. The van der Waals surface area contributed by atoms with E-state index in [1.807, 2.05) is 6.92 Å². The van der Waals surface area contributed by atoms with Crippen molar-refractivity contribution in [1.29, 1.82) is 0 Å². The molecule has 1 atom stereocenters. The molecule has 0 saturated carbocycles. The Morgan fingerprint density at radius 2 is 2.32 bits per heavy atom. The first kappa shape index (κ1) is 13.3. The molecule has 0 aliphatic heterocycles. The van der Waals surface area contributed by atoms with Crippen molar-refractivity contribution in [1.82, 2.24) is 15.5 Å². The van der Waals surface area contributed by atoms with Gasteiger partial charge in [0.05, 0.1) is 19.7 Å². The standard InChI is InChI=1S/C12H15N3O4/c1-7(13-6-11-14-8(2)15-19-11)9-4-5-10(18-9)12(16)17-3/h4-5,7,13H,6H2,1-3H3. The van der Waals surface area contributed by atoms with Gasteiger partial charge in [0.1, 0.15) is 5.76 Å².